The van der Waals surface area contributed by atoms with Gasteiger partial charge in [-0.15, -0.1) is 0 Å². The van der Waals surface area contributed by atoms with Crippen LogP contribution in [-0.2, 0) is 6.42 Å². The molecule has 17 heavy (non-hydrogen) atoms. The topological polar surface area (TPSA) is 35.5 Å². The number of hydrogen-bond acceptors (Lipinski definition) is 3. The van der Waals surface area contributed by atoms with E-state index in [-0.39, 0.29) is 0 Å². The molecule has 0 saturated carbocycles. The maximum absolute atomic E-state index is 9.90. The summed E-state index contributed by atoms with van der Waals surface area (Å²) in [6.07, 6.45) is 4.71. The first-order valence-corrected chi connectivity index (χ1v) is 6.39. The van der Waals surface area contributed by atoms with Gasteiger partial charge >= 0.3 is 0 Å². The molecule has 1 unspecified atom stereocenters. The highest BCUT2D eigenvalue weighted by Crippen LogP contribution is 2.25. The zero-order valence-electron chi connectivity index (χ0n) is 10.7. The third-order valence-electron chi connectivity index (χ3n) is 3.46. The molecule has 2 rings (SSSR count). The van der Waals surface area contributed by atoms with E-state index in [0.717, 1.165) is 24.2 Å². The van der Waals surface area contributed by atoms with Crippen molar-refractivity contribution in [3.05, 3.63) is 23.8 Å². The predicted molar refractivity (Wildman–Crippen MR) is 71.8 cm³/mol. The molecule has 1 aromatic carbocycles. The minimum absolute atomic E-state index is 0.419. The molecule has 0 aliphatic carbocycles. The van der Waals surface area contributed by atoms with Gasteiger partial charge in [0.2, 0.25) is 0 Å². The molecule has 0 radical (unpaired) electrons. The summed E-state index contributed by atoms with van der Waals surface area (Å²) in [6, 6.07) is 6.36. The second-order valence-corrected chi connectivity index (χ2v) is 5.06. The number of hydrogen-bond donors (Lipinski definition) is 2. The molecule has 0 amide bonds. The summed E-state index contributed by atoms with van der Waals surface area (Å²) in [4.78, 5) is 2.07. The Morgan fingerprint density at radius 1 is 1.35 bits per heavy atom. The van der Waals surface area contributed by atoms with Gasteiger partial charge in [0.05, 0.1) is 0 Å². The lowest BCUT2D eigenvalue weighted by Gasteiger charge is -2.24. The van der Waals surface area contributed by atoms with Gasteiger partial charge in [-0.25, -0.2) is 0 Å². The van der Waals surface area contributed by atoms with Crippen LogP contribution in [0, 0.1) is 0 Å². The van der Waals surface area contributed by atoms with Crippen LogP contribution < -0.4 is 10.2 Å². The Morgan fingerprint density at radius 2 is 2.18 bits per heavy atom. The number of phenols is 1. The number of nitrogens with one attached hydrogen (secondary N) is 1. The monoisotopic (exact) mass is 234 g/mol. The van der Waals surface area contributed by atoms with E-state index in [1.807, 2.05) is 20.2 Å². The zero-order chi connectivity index (χ0) is 12.3. The normalized spacial score (nSPS) is 20.2. The highest BCUT2D eigenvalue weighted by atomic mass is 16.3. The lowest BCUT2D eigenvalue weighted by molar-refractivity contribution is 0.392. The fourth-order valence-electron chi connectivity index (χ4n) is 2.38. The number of anilines is 1. The molecular weight excluding hydrogens is 212 g/mol. The van der Waals surface area contributed by atoms with Crippen LogP contribution in [0.5, 0.6) is 5.75 Å². The SMILES string of the molecule is CN(C)c1ccc(O)c(CC2CCCCN2)c1. The second-order valence-electron chi connectivity index (χ2n) is 5.06. The number of phenolic OH excluding ortho intramolecular Hbond substituents is 1. The number of aromatic hydroxyl groups is 1. The molecule has 1 heterocycles. The first-order chi connectivity index (χ1) is 8.16. The minimum atomic E-state index is 0.419. The molecule has 3 nitrogen and oxygen atoms in total. The molecule has 0 bridgehead atoms. The molecule has 2 N–H and O–H groups in total. The van der Waals surface area contributed by atoms with Crippen molar-refractivity contribution in [3.8, 4) is 5.75 Å². The van der Waals surface area contributed by atoms with Gasteiger partial charge in [-0.3, -0.25) is 0 Å². The van der Waals surface area contributed by atoms with Gasteiger partial charge in [-0.1, -0.05) is 6.42 Å². The van der Waals surface area contributed by atoms with Crippen LogP contribution in [0.15, 0.2) is 18.2 Å². The summed E-state index contributed by atoms with van der Waals surface area (Å²) in [5.74, 6) is 0.419. The van der Waals surface area contributed by atoms with E-state index in [2.05, 4.69) is 16.3 Å². The van der Waals surface area contributed by atoms with Crippen LogP contribution in [0.4, 0.5) is 5.69 Å². The highest BCUT2D eigenvalue weighted by molar-refractivity contribution is 5.52. The molecule has 3 heteroatoms. The van der Waals surface area contributed by atoms with Crippen molar-refractivity contribution in [2.75, 3.05) is 25.5 Å². The molecule has 1 aromatic rings. The minimum Gasteiger partial charge on any atom is -0.508 e. The number of benzene rings is 1. The zero-order valence-corrected chi connectivity index (χ0v) is 10.7. The number of nitrogens with zero attached hydrogens (tertiary/aromatic N) is 1. The molecule has 0 spiro atoms. The Morgan fingerprint density at radius 3 is 2.82 bits per heavy atom. The largest absolute Gasteiger partial charge is 0.508 e. The quantitative estimate of drug-likeness (QED) is 0.841. The Bertz CT molecular complexity index is 370. The fraction of sp³-hybridized carbons (Fsp3) is 0.571. The summed E-state index contributed by atoms with van der Waals surface area (Å²) in [5.41, 5.74) is 2.20. The summed E-state index contributed by atoms with van der Waals surface area (Å²) in [6.45, 7) is 1.11. The Labute approximate surface area is 103 Å². The molecule has 1 aliphatic heterocycles. The van der Waals surface area contributed by atoms with E-state index in [1.54, 1.807) is 6.07 Å². The lowest BCUT2D eigenvalue weighted by atomic mass is 9.97. The predicted octanol–water partition coefficient (Wildman–Crippen LogP) is 2.14. The fourth-order valence-corrected chi connectivity index (χ4v) is 2.38. The Balaban J connectivity index is 2.10. The van der Waals surface area contributed by atoms with Crippen molar-refractivity contribution >= 4 is 5.69 Å². The van der Waals surface area contributed by atoms with Gasteiger partial charge in [0.25, 0.3) is 0 Å². The van der Waals surface area contributed by atoms with Gasteiger partial charge < -0.3 is 15.3 Å². The van der Waals surface area contributed by atoms with E-state index in [9.17, 15) is 5.11 Å². The second kappa shape index (κ2) is 5.41. The van der Waals surface area contributed by atoms with Gasteiger partial charge in [0.15, 0.2) is 0 Å². The molecular formula is C14H22N2O. The summed E-state index contributed by atoms with van der Waals surface area (Å²) < 4.78 is 0. The Kier molecular flexibility index (Phi) is 3.89. The van der Waals surface area contributed by atoms with Crippen molar-refractivity contribution in [1.29, 1.82) is 0 Å². The summed E-state index contributed by atoms with van der Waals surface area (Å²) in [7, 11) is 4.05. The van der Waals surface area contributed by atoms with Crippen LogP contribution in [0.3, 0.4) is 0 Å². The molecule has 0 aromatic heterocycles. The van der Waals surface area contributed by atoms with Crippen LogP contribution in [0.25, 0.3) is 0 Å². The maximum atomic E-state index is 9.90. The van der Waals surface area contributed by atoms with E-state index in [4.69, 9.17) is 0 Å². The molecule has 94 valence electrons. The smallest absolute Gasteiger partial charge is 0.118 e. The van der Waals surface area contributed by atoms with Crippen molar-refractivity contribution < 1.29 is 5.11 Å². The van der Waals surface area contributed by atoms with Gasteiger partial charge in [-0.05, 0) is 49.6 Å². The van der Waals surface area contributed by atoms with Gasteiger partial charge in [0.1, 0.15) is 5.75 Å². The Hall–Kier alpha value is -1.22. The van der Waals surface area contributed by atoms with Crippen LogP contribution >= 0.6 is 0 Å². The standard InChI is InChI=1S/C14H22N2O/c1-16(2)13-6-7-14(17)11(10-13)9-12-5-3-4-8-15-12/h6-7,10,12,15,17H,3-5,8-9H2,1-2H3. The van der Waals surface area contributed by atoms with E-state index < -0.39 is 0 Å². The van der Waals surface area contributed by atoms with Crippen molar-refractivity contribution in [2.45, 2.75) is 31.7 Å². The van der Waals surface area contributed by atoms with Crippen LogP contribution in [0.1, 0.15) is 24.8 Å². The summed E-state index contributed by atoms with van der Waals surface area (Å²) in [5, 5.41) is 13.4. The average molecular weight is 234 g/mol. The first kappa shape index (κ1) is 12.2. The van der Waals surface area contributed by atoms with Crippen molar-refractivity contribution in [3.63, 3.8) is 0 Å². The third kappa shape index (κ3) is 3.13. The summed E-state index contributed by atoms with van der Waals surface area (Å²) >= 11 is 0. The number of rotatable bonds is 3. The van der Waals surface area contributed by atoms with Crippen molar-refractivity contribution in [1.82, 2.24) is 5.32 Å². The van der Waals surface area contributed by atoms with Crippen molar-refractivity contribution in [2.24, 2.45) is 0 Å². The third-order valence-corrected chi connectivity index (χ3v) is 3.46. The molecule has 1 aliphatic rings. The average Bonchev–Trinajstić information content (AvgIpc) is 2.33. The lowest BCUT2D eigenvalue weighted by Crippen LogP contribution is -2.35. The van der Waals surface area contributed by atoms with E-state index in [0.29, 0.717) is 11.8 Å². The molecule has 1 atom stereocenters. The van der Waals surface area contributed by atoms with E-state index >= 15 is 0 Å². The van der Waals surface area contributed by atoms with Gasteiger partial charge in [-0.2, -0.15) is 0 Å². The maximum Gasteiger partial charge on any atom is 0.118 e. The number of piperidine rings is 1. The molecule has 1 saturated heterocycles. The van der Waals surface area contributed by atoms with Crippen LogP contribution in [-0.4, -0.2) is 31.8 Å². The first-order valence-electron chi connectivity index (χ1n) is 6.39. The van der Waals surface area contributed by atoms with Gasteiger partial charge in [0, 0.05) is 25.8 Å². The van der Waals surface area contributed by atoms with Crippen LogP contribution in [0.2, 0.25) is 0 Å². The molecule has 1 fully saturated rings. The van der Waals surface area contributed by atoms with E-state index in [1.165, 1.54) is 19.3 Å². The highest BCUT2D eigenvalue weighted by Gasteiger charge is 2.15.